The van der Waals surface area contributed by atoms with Crippen LogP contribution in [0.1, 0.15) is 25.8 Å². The molecule has 10 heteroatoms. The van der Waals surface area contributed by atoms with Gasteiger partial charge < -0.3 is 24.4 Å². The fraction of sp³-hybridized carbons (Fsp3) is 0.323. The van der Waals surface area contributed by atoms with E-state index in [1.54, 1.807) is 30.5 Å². The summed E-state index contributed by atoms with van der Waals surface area (Å²) < 4.78 is 32.6. The summed E-state index contributed by atoms with van der Waals surface area (Å²) in [5, 5.41) is 9.81. The van der Waals surface area contributed by atoms with Gasteiger partial charge in [0.25, 0.3) is 0 Å². The van der Waals surface area contributed by atoms with Crippen LogP contribution in [-0.4, -0.2) is 61.1 Å². The maximum Gasteiger partial charge on any atom is 0.155 e. The Labute approximate surface area is 240 Å². The van der Waals surface area contributed by atoms with Gasteiger partial charge in [-0.3, -0.25) is 5.01 Å². The molecular weight excluding hydrogens is 523 g/mol. The second-order valence-electron chi connectivity index (χ2n) is 9.13. The van der Waals surface area contributed by atoms with Crippen LogP contribution in [0.5, 0.6) is 11.5 Å². The minimum atomic E-state index is -0.465. The summed E-state index contributed by atoms with van der Waals surface area (Å²) in [5.74, 6) is 4.13. The predicted octanol–water partition coefficient (Wildman–Crippen LogP) is 5.79. The summed E-state index contributed by atoms with van der Waals surface area (Å²) in [6.07, 6.45) is 14.3. The number of hydrogen-bond donors (Lipinski definition) is 1. The van der Waals surface area contributed by atoms with Crippen LogP contribution in [0.25, 0.3) is 10.9 Å². The summed E-state index contributed by atoms with van der Waals surface area (Å²) >= 11 is 0. The molecule has 2 aliphatic heterocycles. The number of ether oxygens (including phenoxy) is 3. The maximum absolute atomic E-state index is 15.3. The summed E-state index contributed by atoms with van der Waals surface area (Å²) in [6.45, 7) is 9.05. The van der Waals surface area contributed by atoms with E-state index in [0.29, 0.717) is 53.7 Å². The molecular formula is C31H35FN6O3. The normalized spacial score (nSPS) is 14.8. The standard InChI is InChI=1S/C27H29FN6O3.C4H6/c1-4-31-34-9-7-19(8-10-34)37-24-16-20(28)22(15-18(24)2)32-27-25-21(29-17-30-27)5-6-23(26(25)35-3)33-11-13-36-14-12-33;1-3-4-2/h4-9,15-17H,10-14H2,1-3H3,(H,29,30,32);1H,4H2,2H3/b31-4-;. The van der Waals surface area contributed by atoms with Gasteiger partial charge in [-0.25, -0.2) is 14.4 Å². The van der Waals surface area contributed by atoms with Crippen LogP contribution in [0, 0.1) is 25.1 Å². The Hall–Kier alpha value is -4.62. The number of anilines is 3. The Kier molecular flexibility index (Phi) is 10.1. The first-order valence-electron chi connectivity index (χ1n) is 13.5. The van der Waals surface area contributed by atoms with E-state index in [-0.39, 0.29) is 5.69 Å². The molecule has 41 heavy (non-hydrogen) atoms. The highest BCUT2D eigenvalue weighted by atomic mass is 19.1. The molecule has 1 N–H and O–H groups in total. The van der Waals surface area contributed by atoms with Crippen molar-refractivity contribution in [3.8, 4) is 23.8 Å². The average Bonchev–Trinajstić information content (AvgIpc) is 3.00. The van der Waals surface area contributed by atoms with Crippen LogP contribution in [-0.2, 0) is 4.74 Å². The highest BCUT2D eigenvalue weighted by Crippen LogP contribution is 2.40. The van der Waals surface area contributed by atoms with Crippen LogP contribution in [0.15, 0.2) is 59.8 Å². The summed E-state index contributed by atoms with van der Waals surface area (Å²) in [5.41, 5.74) is 2.67. The first-order chi connectivity index (χ1) is 20.0. The number of terminal acetylenes is 1. The molecule has 0 radical (unpaired) electrons. The lowest BCUT2D eigenvalue weighted by atomic mass is 10.1. The van der Waals surface area contributed by atoms with Crippen LogP contribution in [0.4, 0.5) is 21.6 Å². The third-order valence-electron chi connectivity index (χ3n) is 6.40. The second kappa shape index (κ2) is 14.1. The molecule has 1 saturated heterocycles. The number of aromatic nitrogens is 2. The Morgan fingerprint density at radius 3 is 2.68 bits per heavy atom. The zero-order chi connectivity index (χ0) is 29.2. The number of nitrogens with one attached hydrogen (secondary N) is 1. The van der Waals surface area contributed by atoms with Gasteiger partial charge in [0, 0.05) is 38.0 Å². The van der Waals surface area contributed by atoms with Gasteiger partial charge in [0.1, 0.15) is 29.5 Å². The van der Waals surface area contributed by atoms with Gasteiger partial charge in [-0.15, -0.1) is 12.3 Å². The largest absolute Gasteiger partial charge is 0.494 e. The number of benzene rings is 2. The molecule has 9 nitrogen and oxygen atoms in total. The maximum atomic E-state index is 15.3. The van der Waals surface area contributed by atoms with E-state index in [0.717, 1.165) is 30.8 Å². The van der Waals surface area contributed by atoms with Crippen LogP contribution >= 0.6 is 0 Å². The summed E-state index contributed by atoms with van der Waals surface area (Å²) in [7, 11) is 1.62. The van der Waals surface area contributed by atoms with Crippen molar-refractivity contribution in [1.29, 1.82) is 0 Å². The Morgan fingerprint density at radius 1 is 1.24 bits per heavy atom. The van der Waals surface area contributed by atoms with Gasteiger partial charge in [0.05, 0.1) is 49.1 Å². The number of aryl methyl sites for hydroxylation is 1. The summed E-state index contributed by atoms with van der Waals surface area (Å²) in [6, 6.07) is 7.00. The van der Waals surface area contributed by atoms with Gasteiger partial charge in [0.2, 0.25) is 0 Å². The van der Waals surface area contributed by atoms with Crippen molar-refractivity contribution in [2.45, 2.75) is 27.2 Å². The Bertz CT molecular complexity index is 1490. The van der Waals surface area contributed by atoms with Gasteiger partial charge in [-0.2, -0.15) is 5.10 Å². The molecule has 1 fully saturated rings. The lowest BCUT2D eigenvalue weighted by Gasteiger charge is -2.30. The fourth-order valence-electron chi connectivity index (χ4n) is 4.37. The second-order valence-corrected chi connectivity index (χ2v) is 9.13. The zero-order valence-corrected chi connectivity index (χ0v) is 23.9. The van der Waals surface area contributed by atoms with Crippen molar-refractivity contribution in [1.82, 2.24) is 15.0 Å². The minimum absolute atomic E-state index is 0.278. The smallest absolute Gasteiger partial charge is 0.155 e. The number of morpholine rings is 1. The monoisotopic (exact) mass is 558 g/mol. The number of fused-ring (bicyclic) bond motifs is 1. The van der Waals surface area contributed by atoms with Crippen LogP contribution in [0.3, 0.4) is 0 Å². The molecule has 2 aliphatic rings. The van der Waals surface area contributed by atoms with Crippen molar-refractivity contribution in [2.75, 3.05) is 50.2 Å². The quantitative estimate of drug-likeness (QED) is 0.288. The predicted molar refractivity (Wildman–Crippen MR) is 161 cm³/mol. The van der Waals surface area contributed by atoms with E-state index in [4.69, 9.17) is 20.6 Å². The van der Waals surface area contributed by atoms with E-state index >= 15 is 4.39 Å². The Morgan fingerprint density at radius 2 is 2.02 bits per heavy atom. The van der Waals surface area contributed by atoms with Gasteiger partial charge >= 0.3 is 0 Å². The molecule has 214 valence electrons. The van der Waals surface area contributed by atoms with Crippen molar-refractivity contribution >= 4 is 34.3 Å². The van der Waals surface area contributed by atoms with Crippen molar-refractivity contribution in [3.05, 3.63) is 66.1 Å². The molecule has 0 bridgehead atoms. The van der Waals surface area contributed by atoms with E-state index in [1.165, 1.54) is 12.4 Å². The highest BCUT2D eigenvalue weighted by molar-refractivity contribution is 6.00. The minimum Gasteiger partial charge on any atom is -0.494 e. The van der Waals surface area contributed by atoms with Crippen molar-refractivity contribution in [3.63, 3.8) is 0 Å². The van der Waals surface area contributed by atoms with Gasteiger partial charge in [-0.05, 0) is 49.8 Å². The average molecular weight is 559 g/mol. The number of halogens is 1. The van der Waals surface area contributed by atoms with Crippen LogP contribution < -0.4 is 19.7 Å². The van der Waals surface area contributed by atoms with Gasteiger partial charge in [0.15, 0.2) is 5.75 Å². The Balaban J connectivity index is 0.000000909. The molecule has 0 spiro atoms. The molecule has 0 amide bonds. The molecule has 1 aromatic heterocycles. The third kappa shape index (κ3) is 7.13. The third-order valence-corrected chi connectivity index (χ3v) is 6.40. The van der Waals surface area contributed by atoms with E-state index < -0.39 is 5.82 Å². The van der Waals surface area contributed by atoms with Crippen molar-refractivity contribution < 1.29 is 18.6 Å². The molecule has 2 aromatic carbocycles. The zero-order valence-electron chi connectivity index (χ0n) is 23.9. The SMILES string of the molecule is C#CCC.C/C=N\N1C=CC(Oc2cc(F)c(Nc3ncnc4ccc(N5CCOCC5)c(OC)c34)cc2C)=CC1. The molecule has 5 rings (SSSR count). The van der Waals surface area contributed by atoms with E-state index in [9.17, 15) is 0 Å². The van der Waals surface area contributed by atoms with E-state index in [2.05, 4.69) is 31.2 Å². The number of allylic oxidation sites excluding steroid dienone is 1. The molecule has 3 heterocycles. The van der Waals surface area contributed by atoms with Crippen molar-refractivity contribution in [2.24, 2.45) is 5.10 Å². The van der Waals surface area contributed by atoms with E-state index in [1.807, 2.05) is 45.2 Å². The molecule has 0 aliphatic carbocycles. The summed E-state index contributed by atoms with van der Waals surface area (Å²) in [4.78, 5) is 11.0. The number of hydrogen-bond acceptors (Lipinski definition) is 9. The lowest BCUT2D eigenvalue weighted by Crippen LogP contribution is -2.36. The number of rotatable bonds is 7. The molecule has 0 atom stereocenters. The lowest BCUT2D eigenvalue weighted by molar-refractivity contribution is 0.122. The molecule has 0 unspecified atom stereocenters. The first kappa shape index (κ1) is 29.4. The first-order valence-corrected chi connectivity index (χ1v) is 13.5. The number of nitrogens with zero attached hydrogens (tertiary/aromatic N) is 5. The highest BCUT2D eigenvalue weighted by Gasteiger charge is 2.21. The number of hydrazone groups is 1. The van der Waals surface area contributed by atoms with Crippen LogP contribution in [0.2, 0.25) is 0 Å². The molecule has 3 aromatic rings. The number of methoxy groups -OCH3 is 1. The topological polar surface area (TPSA) is 84.3 Å². The fourth-order valence-corrected chi connectivity index (χ4v) is 4.37. The van der Waals surface area contributed by atoms with Gasteiger partial charge in [-0.1, -0.05) is 6.92 Å². The molecule has 0 saturated carbocycles.